The minimum absolute atomic E-state index is 0.224. The van der Waals surface area contributed by atoms with Crippen LogP contribution in [0.5, 0.6) is 0 Å². The van der Waals surface area contributed by atoms with Gasteiger partial charge in [-0.3, -0.25) is 0 Å². The van der Waals surface area contributed by atoms with Crippen LogP contribution in [0.4, 0.5) is 14.5 Å². The molecular weight excluding hydrogens is 350 g/mol. The number of nitrogens with zero attached hydrogens (tertiary/aromatic N) is 3. The van der Waals surface area contributed by atoms with E-state index in [0.29, 0.717) is 33.4 Å². The Bertz CT molecular complexity index is 799. The third-order valence-corrected chi connectivity index (χ3v) is 4.32. The first-order valence-electron chi connectivity index (χ1n) is 7.93. The molecule has 1 saturated carbocycles. The second-order valence-corrected chi connectivity index (χ2v) is 6.39. The molecule has 0 radical (unpaired) electrons. The highest BCUT2D eigenvalue weighted by atomic mass is 35.5. The van der Waals surface area contributed by atoms with Gasteiger partial charge in [-0.2, -0.15) is 13.9 Å². The number of hydrogen-bond acceptors (Lipinski definition) is 4. The van der Waals surface area contributed by atoms with Crippen molar-refractivity contribution in [3.63, 3.8) is 0 Å². The number of aliphatic hydroxyl groups is 1. The Kier molecular flexibility index (Phi) is 5.51. The molecule has 0 aliphatic heterocycles. The maximum atomic E-state index is 12.5. The van der Waals surface area contributed by atoms with Crippen LogP contribution in [-0.4, -0.2) is 32.5 Å². The molecule has 0 aromatic carbocycles. The van der Waals surface area contributed by atoms with Crippen LogP contribution in [0.2, 0.25) is 5.15 Å². The zero-order valence-electron chi connectivity index (χ0n) is 13.3. The molecule has 2 aromatic heterocycles. The molecule has 1 aliphatic rings. The number of pyridine rings is 1. The number of anilines is 1. The van der Waals surface area contributed by atoms with Gasteiger partial charge in [-0.05, 0) is 31.2 Å². The second kappa shape index (κ2) is 7.81. The van der Waals surface area contributed by atoms with Crippen molar-refractivity contribution >= 4 is 17.3 Å². The maximum absolute atomic E-state index is 12.5. The summed E-state index contributed by atoms with van der Waals surface area (Å²) in [5.74, 6) is 6.11. The number of aromatic nitrogens is 3. The Morgan fingerprint density at radius 2 is 2.20 bits per heavy atom. The van der Waals surface area contributed by atoms with Crippen LogP contribution in [0.25, 0.3) is 0 Å². The molecule has 2 atom stereocenters. The fourth-order valence-electron chi connectivity index (χ4n) is 2.81. The summed E-state index contributed by atoms with van der Waals surface area (Å²) in [6, 6.07) is 1.68. The average Bonchev–Trinajstić information content (AvgIpc) is 3.21. The van der Waals surface area contributed by atoms with Crippen molar-refractivity contribution in [2.45, 2.75) is 31.9 Å². The van der Waals surface area contributed by atoms with Gasteiger partial charge in [0, 0.05) is 18.9 Å². The van der Waals surface area contributed by atoms with Crippen molar-refractivity contribution in [1.29, 1.82) is 0 Å². The lowest BCUT2D eigenvalue weighted by Crippen LogP contribution is -2.13. The van der Waals surface area contributed by atoms with E-state index < -0.39 is 6.55 Å². The van der Waals surface area contributed by atoms with Gasteiger partial charge >= 0.3 is 6.55 Å². The predicted molar refractivity (Wildman–Crippen MR) is 90.5 cm³/mol. The topological polar surface area (TPSA) is 63.0 Å². The molecule has 25 heavy (non-hydrogen) atoms. The monoisotopic (exact) mass is 366 g/mol. The summed E-state index contributed by atoms with van der Waals surface area (Å²) in [7, 11) is 0. The molecule has 0 bridgehead atoms. The average molecular weight is 367 g/mol. The molecule has 1 fully saturated rings. The lowest BCUT2D eigenvalue weighted by molar-refractivity contribution is 0.0566. The van der Waals surface area contributed by atoms with Crippen molar-refractivity contribution < 1.29 is 13.9 Å². The van der Waals surface area contributed by atoms with Crippen molar-refractivity contribution in [2.24, 2.45) is 5.92 Å². The van der Waals surface area contributed by atoms with E-state index in [-0.39, 0.29) is 6.10 Å². The number of nitrogens with one attached hydrogen (secondary N) is 1. The van der Waals surface area contributed by atoms with E-state index in [4.69, 9.17) is 11.6 Å². The van der Waals surface area contributed by atoms with E-state index >= 15 is 0 Å². The molecule has 3 rings (SSSR count). The van der Waals surface area contributed by atoms with E-state index in [1.165, 1.54) is 12.4 Å². The molecular formula is C17H17ClF2N4O. The Labute approximate surface area is 149 Å². The van der Waals surface area contributed by atoms with Gasteiger partial charge < -0.3 is 10.4 Å². The van der Waals surface area contributed by atoms with Crippen LogP contribution in [0.1, 0.15) is 36.9 Å². The van der Waals surface area contributed by atoms with E-state index in [0.717, 1.165) is 24.9 Å². The van der Waals surface area contributed by atoms with Crippen molar-refractivity contribution in [3.8, 4) is 11.8 Å². The first-order valence-corrected chi connectivity index (χ1v) is 8.31. The molecule has 2 heterocycles. The lowest BCUT2D eigenvalue weighted by Gasteiger charge is -2.13. The Morgan fingerprint density at radius 1 is 1.36 bits per heavy atom. The van der Waals surface area contributed by atoms with Gasteiger partial charge in [-0.25, -0.2) is 9.67 Å². The molecule has 2 N–H and O–H groups in total. The number of halogens is 3. The summed E-state index contributed by atoms with van der Waals surface area (Å²) in [5.41, 5.74) is 1.74. The highest BCUT2D eigenvalue weighted by Gasteiger charge is 2.22. The Hall–Kier alpha value is -2.17. The van der Waals surface area contributed by atoms with Gasteiger partial charge in [0.1, 0.15) is 5.15 Å². The van der Waals surface area contributed by atoms with Gasteiger partial charge in [-0.15, -0.1) is 0 Å². The summed E-state index contributed by atoms with van der Waals surface area (Å²) in [4.78, 5) is 4.02. The molecule has 8 heteroatoms. The third kappa shape index (κ3) is 4.68. The Morgan fingerprint density at radius 3 is 2.88 bits per heavy atom. The fourth-order valence-corrected chi connectivity index (χ4v) is 2.97. The van der Waals surface area contributed by atoms with E-state index in [1.807, 2.05) is 0 Å². The molecule has 2 aromatic rings. The minimum atomic E-state index is -2.69. The van der Waals surface area contributed by atoms with Crippen LogP contribution < -0.4 is 5.32 Å². The summed E-state index contributed by atoms with van der Waals surface area (Å²) in [5, 5.41) is 16.8. The molecule has 132 valence electrons. The number of aliphatic hydroxyl groups excluding tert-OH is 1. The maximum Gasteiger partial charge on any atom is 0.333 e. The zero-order chi connectivity index (χ0) is 17.8. The van der Waals surface area contributed by atoms with Crippen LogP contribution in [0, 0.1) is 17.8 Å². The quantitative estimate of drug-likeness (QED) is 0.643. The van der Waals surface area contributed by atoms with Crippen molar-refractivity contribution in [1.82, 2.24) is 14.8 Å². The van der Waals surface area contributed by atoms with E-state index in [9.17, 15) is 13.9 Å². The zero-order valence-corrected chi connectivity index (χ0v) is 14.0. The summed E-state index contributed by atoms with van der Waals surface area (Å²) >= 11 is 5.95. The van der Waals surface area contributed by atoms with E-state index in [2.05, 4.69) is 27.2 Å². The van der Waals surface area contributed by atoms with Crippen LogP contribution in [-0.2, 0) is 0 Å². The lowest BCUT2D eigenvalue weighted by atomic mass is 10.1. The van der Waals surface area contributed by atoms with Crippen LogP contribution >= 0.6 is 11.6 Å². The fraction of sp³-hybridized carbons (Fsp3) is 0.412. The summed E-state index contributed by atoms with van der Waals surface area (Å²) in [6.07, 6.45) is 6.37. The van der Waals surface area contributed by atoms with Gasteiger partial charge in [0.15, 0.2) is 0 Å². The van der Waals surface area contributed by atoms with Gasteiger partial charge in [-0.1, -0.05) is 23.4 Å². The summed E-state index contributed by atoms with van der Waals surface area (Å²) in [6.45, 7) is -1.98. The predicted octanol–water partition coefficient (Wildman–Crippen LogP) is 3.30. The molecule has 1 aliphatic carbocycles. The number of rotatable bonds is 4. The molecule has 0 unspecified atom stereocenters. The van der Waals surface area contributed by atoms with E-state index in [1.54, 1.807) is 12.3 Å². The number of alkyl halides is 2. The van der Waals surface area contributed by atoms with Gasteiger partial charge in [0.25, 0.3) is 0 Å². The number of hydrogen-bond donors (Lipinski definition) is 2. The first-order chi connectivity index (χ1) is 12.0. The highest BCUT2D eigenvalue weighted by molar-refractivity contribution is 6.29. The van der Waals surface area contributed by atoms with Crippen LogP contribution in [0.15, 0.2) is 24.7 Å². The highest BCUT2D eigenvalue weighted by Crippen LogP contribution is 2.26. The molecule has 0 amide bonds. The van der Waals surface area contributed by atoms with Crippen molar-refractivity contribution in [2.75, 3.05) is 11.9 Å². The van der Waals surface area contributed by atoms with Crippen LogP contribution in [0.3, 0.4) is 0 Å². The smallest absolute Gasteiger partial charge is 0.333 e. The normalized spacial score (nSPS) is 19.7. The third-order valence-electron chi connectivity index (χ3n) is 4.11. The first kappa shape index (κ1) is 17.6. The standard InChI is InChI=1S/C17H17ClF2N4O/c18-16-6-15(21-7-11-2-4-14(25)5-11)13(9-22-16)3-1-12-8-23-24(10-12)17(19)20/h6,8-11,14,17,25H,2,4-5,7H2,(H,21,22)/t11-,14+/m0/s1. The second-order valence-electron chi connectivity index (χ2n) is 6.00. The van der Waals surface area contributed by atoms with Crippen molar-refractivity contribution in [3.05, 3.63) is 40.9 Å². The SMILES string of the molecule is O[C@@H]1CC[C@H](CNc2cc(Cl)ncc2C#Cc2cnn(C(F)F)c2)C1. The van der Waals surface area contributed by atoms with Gasteiger partial charge in [0.2, 0.25) is 0 Å². The largest absolute Gasteiger partial charge is 0.393 e. The Balaban J connectivity index is 1.73. The minimum Gasteiger partial charge on any atom is -0.393 e. The summed E-state index contributed by atoms with van der Waals surface area (Å²) < 4.78 is 25.6. The molecule has 0 saturated heterocycles. The molecule has 5 nitrogen and oxygen atoms in total. The van der Waals surface area contributed by atoms with Gasteiger partial charge in [0.05, 0.1) is 29.1 Å². The molecule has 0 spiro atoms.